The number of para-hydroxylation sites is 1. The van der Waals surface area contributed by atoms with Crippen LogP contribution < -0.4 is 15.9 Å². The molecule has 0 bridgehead atoms. The van der Waals surface area contributed by atoms with Crippen LogP contribution in [0.2, 0.25) is 5.02 Å². The first-order chi connectivity index (χ1) is 10.2. The molecule has 0 saturated heterocycles. The van der Waals surface area contributed by atoms with Crippen LogP contribution >= 0.6 is 23.8 Å². The number of ether oxygens (including phenoxy) is 1. The van der Waals surface area contributed by atoms with E-state index in [4.69, 9.17) is 22.1 Å². The Kier molecular flexibility index (Phi) is 5.54. The van der Waals surface area contributed by atoms with Gasteiger partial charge in [-0.2, -0.15) is 5.10 Å². The lowest BCUT2D eigenvalue weighted by molar-refractivity contribution is 0.306. The Labute approximate surface area is 133 Å². The van der Waals surface area contributed by atoms with E-state index in [1.807, 2.05) is 48.5 Å². The zero-order valence-electron chi connectivity index (χ0n) is 11.1. The zero-order valence-corrected chi connectivity index (χ0v) is 12.7. The van der Waals surface area contributed by atoms with Crippen LogP contribution in [0, 0.1) is 0 Å². The number of nitrogens with zero attached hydrogens (tertiary/aromatic N) is 1. The standard InChI is InChI=1S/C15H14ClN3OS/c16-13-7-3-1-6-12(13)10-20-14-8-4-2-5-11(14)9-18-19-15(17)21/h1-9H,10H2,(H3,17,19,21)/b18-9+. The fourth-order valence-corrected chi connectivity index (χ4v) is 1.90. The van der Waals surface area contributed by atoms with Crippen LogP contribution in [0.1, 0.15) is 11.1 Å². The van der Waals surface area contributed by atoms with Crippen molar-refractivity contribution in [1.82, 2.24) is 5.43 Å². The molecule has 2 aromatic carbocycles. The van der Waals surface area contributed by atoms with E-state index in [1.165, 1.54) is 0 Å². The number of nitrogens with one attached hydrogen (secondary N) is 1. The predicted molar refractivity (Wildman–Crippen MR) is 89.7 cm³/mol. The first-order valence-electron chi connectivity index (χ1n) is 6.20. The number of benzene rings is 2. The Balaban J connectivity index is 2.08. The number of nitrogens with two attached hydrogens (primary N) is 1. The molecule has 0 aliphatic rings. The maximum absolute atomic E-state index is 6.10. The molecule has 3 N–H and O–H groups in total. The second-order valence-corrected chi connectivity index (χ2v) is 5.00. The van der Waals surface area contributed by atoms with Crippen LogP contribution in [-0.4, -0.2) is 11.3 Å². The van der Waals surface area contributed by atoms with E-state index in [0.29, 0.717) is 17.4 Å². The summed E-state index contributed by atoms with van der Waals surface area (Å²) in [7, 11) is 0. The minimum atomic E-state index is 0.112. The molecule has 0 saturated carbocycles. The number of hydrogen-bond donors (Lipinski definition) is 2. The van der Waals surface area contributed by atoms with E-state index < -0.39 is 0 Å². The number of hydrazone groups is 1. The molecule has 21 heavy (non-hydrogen) atoms. The van der Waals surface area contributed by atoms with Crippen molar-refractivity contribution in [2.24, 2.45) is 10.8 Å². The Hall–Kier alpha value is -2.11. The Morgan fingerprint density at radius 2 is 1.95 bits per heavy atom. The Bertz CT molecular complexity index is 661. The predicted octanol–water partition coefficient (Wildman–Crippen LogP) is 3.09. The summed E-state index contributed by atoms with van der Waals surface area (Å²) in [6.45, 7) is 0.382. The third-order valence-corrected chi connectivity index (χ3v) is 3.10. The van der Waals surface area contributed by atoms with Gasteiger partial charge in [-0.1, -0.05) is 41.9 Å². The van der Waals surface area contributed by atoms with Gasteiger partial charge in [0.2, 0.25) is 0 Å². The summed E-state index contributed by atoms with van der Waals surface area (Å²) in [4.78, 5) is 0. The second-order valence-electron chi connectivity index (χ2n) is 4.15. The van der Waals surface area contributed by atoms with Gasteiger partial charge in [0, 0.05) is 16.1 Å². The van der Waals surface area contributed by atoms with E-state index >= 15 is 0 Å². The third kappa shape index (κ3) is 4.73. The van der Waals surface area contributed by atoms with Crippen molar-refractivity contribution in [2.45, 2.75) is 6.61 Å². The van der Waals surface area contributed by atoms with Crippen molar-refractivity contribution >= 4 is 35.1 Å². The lowest BCUT2D eigenvalue weighted by Gasteiger charge is -2.10. The van der Waals surface area contributed by atoms with Gasteiger partial charge in [0.05, 0.1) is 6.21 Å². The number of rotatable bonds is 5. The third-order valence-electron chi connectivity index (χ3n) is 2.64. The molecule has 0 aliphatic heterocycles. The average molecular weight is 320 g/mol. The summed E-state index contributed by atoms with van der Waals surface area (Å²) in [5, 5.41) is 4.72. The molecular formula is C15H14ClN3OS. The van der Waals surface area contributed by atoms with Gasteiger partial charge in [-0.05, 0) is 30.4 Å². The molecule has 0 aromatic heterocycles. The van der Waals surface area contributed by atoms with Gasteiger partial charge in [-0.3, -0.25) is 5.43 Å². The summed E-state index contributed by atoms with van der Waals surface area (Å²) in [5.41, 5.74) is 9.55. The first kappa shape index (κ1) is 15.3. The lowest BCUT2D eigenvalue weighted by atomic mass is 10.2. The van der Waals surface area contributed by atoms with Crippen LogP contribution in [0.25, 0.3) is 0 Å². The summed E-state index contributed by atoms with van der Waals surface area (Å²) < 4.78 is 5.79. The highest BCUT2D eigenvalue weighted by atomic mass is 35.5. The van der Waals surface area contributed by atoms with E-state index in [1.54, 1.807) is 6.21 Å². The molecule has 2 aromatic rings. The van der Waals surface area contributed by atoms with Crippen LogP contribution in [-0.2, 0) is 6.61 Å². The maximum Gasteiger partial charge on any atom is 0.184 e. The van der Waals surface area contributed by atoms with Gasteiger partial charge in [0.1, 0.15) is 12.4 Å². The van der Waals surface area contributed by atoms with Crippen molar-refractivity contribution in [3.8, 4) is 5.75 Å². The smallest absolute Gasteiger partial charge is 0.184 e. The molecule has 108 valence electrons. The first-order valence-corrected chi connectivity index (χ1v) is 6.99. The largest absolute Gasteiger partial charge is 0.488 e. The van der Waals surface area contributed by atoms with Crippen molar-refractivity contribution in [3.05, 3.63) is 64.7 Å². The van der Waals surface area contributed by atoms with Crippen LogP contribution in [0.5, 0.6) is 5.75 Å². The topological polar surface area (TPSA) is 59.6 Å². The van der Waals surface area contributed by atoms with Crippen molar-refractivity contribution < 1.29 is 4.74 Å². The second kappa shape index (κ2) is 7.61. The summed E-state index contributed by atoms with van der Waals surface area (Å²) >= 11 is 10.8. The normalized spacial score (nSPS) is 10.5. The quantitative estimate of drug-likeness (QED) is 0.505. The van der Waals surface area contributed by atoms with Gasteiger partial charge < -0.3 is 10.5 Å². The average Bonchev–Trinajstić information content (AvgIpc) is 2.47. The van der Waals surface area contributed by atoms with E-state index in [-0.39, 0.29) is 5.11 Å². The Morgan fingerprint density at radius 3 is 2.71 bits per heavy atom. The minimum absolute atomic E-state index is 0.112. The maximum atomic E-state index is 6.10. The molecule has 0 atom stereocenters. The molecule has 4 nitrogen and oxygen atoms in total. The van der Waals surface area contributed by atoms with Gasteiger partial charge in [0.25, 0.3) is 0 Å². The van der Waals surface area contributed by atoms with Gasteiger partial charge in [-0.15, -0.1) is 0 Å². The molecule has 0 amide bonds. The fraction of sp³-hybridized carbons (Fsp3) is 0.0667. The van der Waals surface area contributed by atoms with E-state index in [2.05, 4.69) is 22.7 Å². The van der Waals surface area contributed by atoms with Crippen molar-refractivity contribution in [2.75, 3.05) is 0 Å². The monoisotopic (exact) mass is 319 g/mol. The molecule has 0 radical (unpaired) electrons. The summed E-state index contributed by atoms with van der Waals surface area (Å²) in [6, 6.07) is 15.1. The molecule has 0 spiro atoms. The van der Waals surface area contributed by atoms with Crippen LogP contribution in [0.3, 0.4) is 0 Å². The van der Waals surface area contributed by atoms with E-state index in [0.717, 1.165) is 11.1 Å². The minimum Gasteiger partial charge on any atom is -0.488 e. The number of thiocarbonyl (C=S) groups is 1. The number of hydrogen-bond acceptors (Lipinski definition) is 3. The van der Waals surface area contributed by atoms with Crippen molar-refractivity contribution in [3.63, 3.8) is 0 Å². The molecule has 6 heteroatoms. The molecule has 0 aliphatic carbocycles. The van der Waals surface area contributed by atoms with Crippen LogP contribution in [0.15, 0.2) is 53.6 Å². The molecular weight excluding hydrogens is 306 g/mol. The Morgan fingerprint density at radius 1 is 1.24 bits per heavy atom. The van der Waals surface area contributed by atoms with Gasteiger partial charge >= 0.3 is 0 Å². The summed E-state index contributed by atoms with van der Waals surface area (Å²) in [6.07, 6.45) is 1.60. The fourth-order valence-electron chi connectivity index (χ4n) is 1.66. The highest BCUT2D eigenvalue weighted by Crippen LogP contribution is 2.20. The van der Waals surface area contributed by atoms with Crippen LogP contribution in [0.4, 0.5) is 0 Å². The summed E-state index contributed by atoms with van der Waals surface area (Å²) in [5.74, 6) is 0.700. The number of halogens is 1. The highest BCUT2D eigenvalue weighted by Gasteiger charge is 2.03. The SMILES string of the molecule is NC(=S)N/N=C/c1ccccc1OCc1ccccc1Cl. The molecule has 0 unspecified atom stereocenters. The zero-order chi connectivity index (χ0) is 15.1. The van der Waals surface area contributed by atoms with Gasteiger partial charge in [-0.25, -0.2) is 0 Å². The van der Waals surface area contributed by atoms with Crippen molar-refractivity contribution in [1.29, 1.82) is 0 Å². The highest BCUT2D eigenvalue weighted by molar-refractivity contribution is 7.80. The lowest BCUT2D eigenvalue weighted by Crippen LogP contribution is -2.24. The molecule has 0 heterocycles. The molecule has 2 rings (SSSR count). The van der Waals surface area contributed by atoms with Gasteiger partial charge in [0.15, 0.2) is 5.11 Å². The molecule has 0 fully saturated rings. The van der Waals surface area contributed by atoms with E-state index in [9.17, 15) is 0 Å².